The normalized spacial score (nSPS) is 19.4. The average molecular weight is 255 g/mol. The van der Waals surface area contributed by atoms with Crippen LogP contribution in [-0.2, 0) is 4.79 Å². The molecule has 0 spiro atoms. The largest absolute Gasteiger partial charge is 0.495 e. The minimum absolute atomic E-state index is 0.138. The number of carboxylic acids is 1. The standard InChI is InChI=1S/C11H13NO4S/c1-16-8-3-5-17-9(8)10(13)12-4-2-7(6-12)11(14)15/h3,5,7H,2,4,6H2,1H3,(H,14,15). The Morgan fingerprint density at radius 2 is 2.35 bits per heavy atom. The zero-order valence-electron chi connectivity index (χ0n) is 9.38. The summed E-state index contributed by atoms with van der Waals surface area (Å²) in [6.45, 7) is 0.784. The zero-order chi connectivity index (χ0) is 12.4. The van der Waals surface area contributed by atoms with Gasteiger partial charge in [-0.05, 0) is 17.9 Å². The third-order valence-corrected chi connectivity index (χ3v) is 3.75. The smallest absolute Gasteiger partial charge is 0.308 e. The van der Waals surface area contributed by atoms with Crippen molar-refractivity contribution in [2.75, 3.05) is 20.2 Å². The number of carbonyl (C=O) groups is 2. The van der Waals surface area contributed by atoms with Crippen molar-refractivity contribution < 1.29 is 19.4 Å². The van der Waals surface area contributed by atoms with Crippen molar-refractivity contribution in [3.8, 4) is 5.75 Å². The first-order valence-electron chi connectivity index (χ1n) is 5.27. The van der Waals surface area contributed by atoms with Gasteiger partial charge in [-0.25, -0.2) is 0 Å². The molecule has 2 heterocycles. The van der Waals surface area contributed by atoms with Crippen LogP contribution in [0, 0.1) is 5.92 Å². The molecule has 0 aromatic carbocycles. The maximum atomic E-state index is 12.1. The molecule has 1 aromatic rings. The minimum Gasteiger partial charge on any atom is -0.495 e. The topological polar surface area (TPSA) is 66.8 Å². The zero-order valence-corrected chi connectivity index (χ0v) is 10.2. The van der Waals surface area contributed by atoms with Crippen LogP contribution >= 0.6 is 11.3 Å². The Hall–Kier alpha value is -1.56. The number of rotatable bonds is 3. The Balaban J connectivity index is 2.09. The fraction of sp³-hybridized carbons (Fsp3) is 0.455. The van der Waals surface area contributed by atoms with Crippen molar-refractivity contribution in [1.82, 2.24) is 4.90 Å². The number of nitrogens with zero attached hydrogens (tertiary/aromatic N) is 1. The summed E-state index contributed by atoms with van der Waals surface area (Å²) in [4.78, 5) is 25.1. The Labute approximate surface area is 103 Å². The predicted octanol–water partition coefficient (Wildman–Crippen LogP) is 1.30. The van der Waals surface area contributed by atoms with Gasteiger partial charge in [-0.15, -0.1) is 11.3 Å². The number of ether oxygens (including phenoxy) is 1. The van der Waals surface area contributed by atoms with Gasteiger partial charge in [0.15, 0.2) is 0 Å². The van der Waals surface area contributed by atoms with Gasteiger partial charge in [0, 0.05) is 13.1 Å². The van der Waals surface area contributed by atoms with E-state index in [1.165, 1.54) is 18.4 Å². The van der Waals surface area contributed by atoms with E-state index in [-0.39, 0.29) is 12.5 Å². The fourth-order valence-corrected chi connectivity index (χ4v) is 2.73. The molecule has 1 fully saturated rings. The number of likely N-dealkylation sites (tertiary alicyclic amines) is 1. The molecule has 1 N–H and O–H groups in total. The fourth-order valence-electron chi connectivity index (χ4n) is 1.90. The second-order valence-corrected chi connectivity index (χ2v) is 4.81. The van der Waals surface area contributed by atoms with Crippen LogP contribution in [0.2, 0.25) is 0 Å². The first kappa shape index (κ1) is 11.9. The maximum absolute atomic E-state index is 12.1. The van der Waals surface area contributed by atoms with Crippen LogP contribution < -0.4 is 4.74 Å². The van der Waals surface area contributed by atoms with E-state index >= 15 is 0 Å². The highest BCUT2D eigenvalue weighted by atomic mass is 32.1. The number of thiophene rings is 1. The van der Waals surface area contributed by atoms with Crippen LogP contribution in [0.5, 0.6) is 5.75 Å². The summed E-state index contributed by atoms with van der Waals surface area (Å²) in [7, 11) is 1.52. The van der Waals surface area contributed by atoms with Crippen LogP contribution in [0.1, 0.15) is 16.1 Å². The van der Waals surface area contributed by atoms with E-state index in [2.05, 4.69) is 0 Å². The van der Waals surface area contributed by atoms with E-state index in [0.717, 1.165) is 0 Å². The van der Waals surface area contributed by atoms with Crippen molar-refractivity contribution in [3.05, 3.63) is 16.3 Å². The average Bonchev–Trinajstić information content (AvgIpc) is 2.96. The molecular weight excluding hydrogens is 242 g/mol. The molecule has 1 unspecified atom stereocenters. The number of methoxy groups -OCH3 is 1. The van der Waals surface area contributed by atoms with Gasteiger partial charge in [0.25, 0.3) is 5.91 Å². The van der Waals surface area contributed by atoms with Crippen LogP contribution in [-0.4, -0.2) is 42.1 Å². The van der Waals surface area contributed by atoms with Crippen molar-refractivity contribution in [2.45, 2.75) is 6.42 Å². The lowest BCUT2D eigenvalue weighted by molar-refractivity contribution is -0.141. The number of hydrogen-bond donors (Lipinski definition) is 1. The molecule has 0 bridgehead atoms. The van der Waals surface area contributed by atoms with E-state index in [1.807, 2.05) is 0 Å². The van der Waals surface area contributed by atoms with Gasteiger partial charge in [-0.1, -0.05) is 0 Å². The minimum atomic E-state index is -0.835. The molecule has 6 heteroatoms. The van der Waals surface area contributed by atoms with Crippen molar-refractivity contribution in [3.63, 3.8) is 0 Å². The lowest BCUT2D eigenvalue weighted by Gasteiger charge is -2.15. The monoisotopic (exact) mass is 255 g/mol. The summed E-state index contributed by atoms with van der Waals surface area (Å²) in [5, 5.41) is 10.7. The summed E-state index contributed by atoms with van der Waals surface area (Å²) in [6.07, 6.45) is 0.523. The SMILES string of the molecule is COc1ccsc1C(=O)N1CCC(C(=O)O)C1. The number of carboxylic acid groups (broad SMARTS) is 1. The quantitative estimate of drug-likeness (QED) is 0.884. The van der Waals surface area contributed by atoms with Gasteiger partial charge in [-0.3, -0.25) is 9.59 Å². The van der Waals surface area contributed by atoms with Gasteiger partial charge in [0.2, 0.25) is 0 Å². The second-order valence-electron chi connectivity index (χ2n) is 3.89. The Morgan fingerprint density at radius 3 is 2.94 bits per heavy atom. The first-order valence-corrected chi connectivity index (χ1v) is 6.15. The molecule has 1 aliphatic rings. The second kappa shape index (κ2) is 4.75. The van der Waals surface area contributed by atoms with Crippen molar-refractivity contribution in [2.24, 2.45) is 5.92 Å². The van der Waals surface area contributed by atoms with E-state index in [1.54, 1.807) is 16.3 Å². The third kappa shape index (κ3) is 2.26. The van der Waals surface area contributed by atoms with Crippen LogP contribution in [0.3, 0.4) is 0 Å². The van der Waals surface area contributed by atoms with Gasteiger partial charge in [0.05, 0.1) is 13.0 Å². The van der Waals surface area contributed by atoms with E-state index in [9.17, 15) is 9.59 Å². The molecule has 2 rings (SSSR count). The molecule has 1 saturated heterocycles. The molecule has 0 saturated carbocycles. The molecule has 1 aliphatic heterocycles. The highest BCUT2D eigenvalue weighted by Gasteiger charge is 2.32. The molecule has 1 atom stereocenters. The predicted molar refractivity (Wildman–Crippen MR) is 62.5 cm³/mol. The number of hydrogen-bond acceptors (Lipinski definition) is 4. The van der Waals surface area contributed by atoms with Gasteiger partial charge in [0.1, 0.15) is 10.6 Å². The number of aliphatic carboxylic acids is 1. The molecule has 0 aliphatic carbocycles. The van der Waals surface area contributed by atoms with Crippen LogP contribution in [0.25, 0.3) is 0 Å². The van der Waals surface area contributed by atoms with Gasteiger partial charge >= 0.3 is 5.97 Å². The summed E-state index contributed by atoms with van der Waals surface area (Å²) >= 11 is 1.32. The Bertz CT molecular complexity index is 442. The third-order valence-electron chi connectivity index (χ3n) is 2.87. The summed E-state index contributed by atoms with van der Waals surface area (Å²) in [5.74, 6) is -0.859. The maximum Gasteiger partial charge on any atom is 0.308 e. The van der Waals surface area contributed by atoms with E-state index in [0.29, 0.717) is 23.6 Å². The molecule has 1 aromatic heterocycles. The first-order chi connectivity index (χ1) is 8.13. The van der Waals surface area contributed by atoms with Crippen molar-refractivity contribution in [1.29, 1.82) is 0 Å². The molecule has 1 amide bonds. The molecule has 0 radical (unpaired) electrons. The highest BCUT2D eigenvalue weighted by molar-refractivity contribution is 7.12. The highest BCUT2D eigenvalue weighted by Crippen LogP contribution is 2.28. The van der Waals surface area contributed by atoms with Gasteiger partial charge in [-0.2, -0.15) is 0 Å². The lowest BCUT2D eigenvalue weighted by Crippen LogP contribution is -2.29. The van der Waals surface area contributed by atoms with Crippen LogP contribution in [0.4, 0.5) is 0 Å². The van der Waals surface area contributed by atoms with Crippen LogP contribution in [0.15, 0.2) is 11.4 Å². The Kier molecular flexibility index (Phi) is 3.33. The van der Waals surface area contributed by atoms with E-state index in [4.69, 9.17) is 9.84 Å². The molecule has 5 nitrogen and oxygen atoms in total. The van der Waals surface area contributed by atoms with E-state index < -0.39 is 11.9 Å². The summed E-state index contributed by atoms with van der Waals surface area (Å²) in [6, 6.07) is 1.74. The molecular formula is C11H13NO4S. The lowest BCUT2D eigenvalue weighted by atomic mass is 10.1. The number of carbonyl (C=O) groups excluding carboxylic acids is 1. The summed E-state index contributed by atoms with van der Waals surface area (Å²) < 4.78 is 5.09. The van der Waals surface area contributed by atoms with Gasteiger partial charge < -0.3 is 14.7 Å². The molecule has 17 heavy (non-hydrogen) atoms. The van der Waals surface area contributed by atoms with Crippen molar-refractivity contribution >= 4 is 23.2 Å². The molecule has 92 valence electrons. The Morgan fingerprint density at radius 1 is 1.59 bits per heavy atom. The number of amides is 1. The summed E-state index contributed by atoms with van der Waals surface area (Å²) in [5.41, 5.74) is 0.